The van der Waals surface area contributed by atoms with E-state index in [0.29, 0.717) is 24.5 Å². The summed E-state index contributed by atoms with van der Waals surface area (Å²) in [6.45, 7) is 10.3. The molecule has 1 saturated carbocycles. The first-order valence-corrected chi connectivity index (χ1v) is 7.81. The Morgan fingerprint density at radius 3 is 2.84 bits per heavy atom. The van der Waals surface area contributed by atoms with Gasteiger partial charge in [-0.15, -0.1) is 0 Å². The van der Waals surface area contributed by atoms with Crippen LogP contribution in [0, 0.1) is 11.8 Å². The van der Waals surface area contributed by atoms with Crippen LogP contribution in [0.15, 0.2) is 0 Å². The molecule has 0 aromatic rings. The summed E-state index contributed by atoms with van der Waals surface area (Å²) in [5.74, 6) is 1.55. The van der Waals surface area contributed by atoms with Gasteiger partial charge in [-0.3, -0.25) is 9.69 Å². The zero-order chi connectivity index (χ0) is 13.8. The van der Waals surface area contributed by atoms with Gasteiger partial charge in [0.15, 0.2) is 0 Å². The maximum atomic E-state index is 12.2. The molecule has 1 aliphatic heterocycles. The molecule has 2 aliphatic rings. The largest absolute Gasteiger partial charge is 0.352 e. The molecule has 0 aromatic heterocycles. The van der Waals surface area contributed by atoms with E-state index in [2.05, 4.69) is 36.3 Å². The summed E-state index contributed by atoms with van der Waals surface area (Å²) in [5.41, 5.74) is 0. The average molecular weight is 267 g/mol. The van der Waals surface area contributed by atoms with Crippen LogP contribution in [0.4, 0.5) is 0 Å². The monoisotopic (exact) mass is 267 g/mol. The van der Waals surface area contributed by atoms with Crippen LogP contribution in [0.5, 0.6) is 0 Å². The molecule has 2 fully saturated rings. The van der Waals surface area contributed by atoms with Gasteiger partial charge in [-0.1, -0.05) is 26.7 Å². The highest BCUT2D eigenvalue weighted by molar-refractivity contribution is 5.78. The molecule has 4 atom stereocenters. The molecule has 2 rings (SSSR count). The SMILES string of the molecule is CC1CCCC(NC(=O)CN2CCN[C@H](C)C2)C1C. The maximum Gasteiger partial charge on any atom is 0.234 e. The van der Waals surface area contributed by atoms with E-state index >= 15 is 0 Å². The molecule has 1 heterocycles. The normalized spacial score (nSPS) is 37.0. The Labute approximate surface area is 117 Å². The number of hydrogen-bond acceptors (Lipinski definition) is 3. The zero-order valence-corrected chi connectivity index (χ0v) is 12.6. The van der Waals surface area contributed by atoms with Gasteiger partial charge < -0.3 is 10.6 Å². The van der Waals surface area contributed by atoms with Crippen molar-refractivity contribution in [1.29, 1.82) is 0 Å². The number of piperazine rings is 1. The van der Waals surface area contributed by atoms with E-state index in [9.17, 15) is 4.79 Å². The van der Waals surface area contributed by atoms with Crippen molar-refractivity contribution in [1.82, 2.24) is 15.5 Å². The number of nitrogens with zero attached hydrogens (tertiary/aromatic N) is 1. The fourth-order valence-corrected chi connectivity index (χ4v) is 3.40. The van der Waals surface area contributed by atoms with Crippen molar-refractivity contribution in [2.24, 2.45) is 11.8 Å². The Morgan fingerprint density at radius 2 is 2.11 bits per heavy atom. The quantitative estimate of drug-likeness (QED) is 0.808. The molecule has 3 unspecified atom stereocenters. The van der Waals surface area contributed by atoms with Crippen LogP contribution in [0.2, 0.25) is 0 Å². The maximum absolute atomic E-state index is 12.2. The summed E-state index contributed by atoms with van der Waals surface area (Å²) < 4.78 is 0. The van der Waals surface area contributed by atoms with E-state index in [0.717, 1.165) is 32.0 Å². The number of amides is 1. The summed E-state index contributed by atoms with van der Waals surface area (Å²) in [6.07, 6.45) is 3.71. The third-order valence-corrected chi connectivity index (χ3v) is 4.87. The van der Waals surface area contributed by atoms with Crippen molar-refractivity contribution < 1.29 is 4.79 Å². The van der Waals surface area contributed by atoms with E-state index < -0.39 is 0 Å². The van der Waals surface area contributed by atoms with Crippen molar-refractivity contribution >= 4 is 5.91 Å². The second kappa shape index (κ2) is 6.71. The Kier molecular flexibility index (Phi) is 5.22. The zero-order valence-electron chi connectivity index (χ0n) is 12.6. The van der Waals surface area contributed by atoms with Crippen LogP contribution in [0.1, 0.15) is 40.0 Å². The number of carbonyl (C=O) groups excluding carboxylic acids is 1. The molecule has 0 spiro atoms. The molecular weight excluding hydrogens is 238 g/mol. The number of rotatable bonds is 3. The fraction of sp³-hybridized carbons (Fsp3) is 0.933. The number of carbonyl (C=O) groups is 1. The van der Waals surface area contributed by atoms with Crippen LogP contribution in [-0.2, 0) is 4.79 Å². The Hall–Kier alpha value is -0.610. The lowest BCUT2D eigenvalue weighted by Gasteiger charge is -2.36. The summed E-state index contributed by atoms with van der Waals surface area (Å²) in [4.78, 5) is 14.4. The highest BCUT2D eigenvalue weighted by Crippen LogP contribution is 2.29. The van der Waals surface area contributed by atoms with Gasteiger partial charge in [0.25, 0.3) is 0 Å². The first-order valence-electron chi connectivity index (χ1n) is 7.81. The standard InChI is InChI=1S/C15H29N3O/c1-11-5-4-6-14(13(11)3)17-15(19)10-18-8-7-16-12(2)9-18/h11-14,16H,4-10H2,1-3H3,(H,17,19)/t11?,12-,13?,14?/m1/s1. The Morgan fingerprint density at radius 1 is 1.32 bits per heavy atom. The van der Waals surface area contributed by atoms with Crippen molar-refractivity contribution in [3.63, 3.8) is 0 Å². The minimum atomic E-state index is 0.208. The van der Waals surface area contributed by atoms with Crippen molar-refractivity contribution in [2.75, 3.05) is 26.2 Å². The minimum absolute atomic E-state index is 0.208. The van der Waals surface area contributed by atoms with Gasteiger partial charge in [0.2, 0.25) is 5.91 Å². The minimum Gasteiger partial charge on any atom is -0.352 e. The number of hydrogen-bond donors (Lipinski definition) is 2. The predicted molar refractivity (Wildman–Crippen MR) is 78.0 cm³/mol. The van der Waals surface area contributed by atoms with E-state index in [-0.39, 0.29) is 5.91 Å². The lowest BCUT2D eigenvalue weighted by atomic mass is 9.78. The van der Waals surface area contributed by atoms with Gasteiger partial charge in [-0.05, 0) is 25.2 Å². The molecule has 4 nitrogen and oxygen atoms in total. The van der Waals surface area contributed by atoms with E-state index in [1.54, 1.807) is 0 Å². The van der Waals surface area contributed by atoms with Gasteiger partial charge in [-0.25, -0.2) is 0 Å². The second-order valence-electron chi connectivity index (χ2n) is 6.53. The second-order valence-corrected chi connectivity index (χ2v) is 6.53. The smallest absolute Gasteiger partial charge is 0.234 e. The van der Waals surface area contributed by atoms with Crippen molar-refractivity contribution in [3.8, 4) is 0 Å². The lowest BCUT2D eigenvalue weighted by molar-refractivity contribution is -0.123. The molecule has 1 amide bonds. The summed E-state index contributed by atoms with van der Waals surface area (Å²) >= 11 is 0. The van der Waals surface area contributed by atoms with Crippen LogP contribution in [-0.4, -0.2) is 49.1 Å². The van der Waals surface area contributed by atoms with Crippen LogP contribution in [0.3, 0.4) is 0 Å². The number of nitrogens with one attached hydrogen (secondary N) is 2. The predicted octanol–water partition coefficient (Wildman–Crippen LogP) is 1.22. The molecule has 0 aromatic carbocycles. The van der Waals surface area contributed by atoms with Crippen LogP contribution in [0.25, 0.3) is 0 Å². The van der Waals surface area contributed by atoms with Gasteiger partial charge in [0.05, 0.1) is 6.54 Å². The topological polar surface area (TPSA) is 44.4 Å². The highest BCUT2D eigenvalue weighted by Gasteiger charge is 2.28. The van der Waals surface area contributed by atoms with Crippen molar-refractivity contribution in [2.45, 2.75) is 52.1 Å². The molecule has 4 heteroatoms. The van der Waals surface area contributed by atoms with Gasteiger partial charge >= 0.3 is 0 Å². The lowest BCUT2D eigenvalue weighted by Crippen LogP contribution is -2.53. The molecule has 0 radical (unpaired) electrons. The first kappa shape index (κ1) is 14.8. The Balaban J connectivity index is 1.77. The van der Waals surface area contributed by atoms with Gasteiger partial charge in [-0.2, -0.15) is 0 Å². The average Bonchev–Trinajstić information content (AvgIpc) is 2.35. The Bertz CT molecular complexity index is 308. The highest BCUT2D eigenvalue weighted by atomic mass is 16.2. The molecule has 1 aliphatic carbocycles. The molecule has 2 N–H and O–H groups in total. The molecule has 19 heavy (non-hydrogen) atoms. The van der Waals surface area contributed by atoms with Gasteiger partial charge in [0, 0.05) is 31.7 Å². The van der Waals surface area contributed by atoms with Crippen LogP contribution < -0.4 is 10.6 Å². The van der Waals surface area contributed by atoms with Gasteiger partial charge in [0.1, 0.15) is 0 Å². The molecule has 0 bridgehead atoms. The van der Waals surface area contributed by atoms with Crippen molar-refractivity contribution in [3.05, 3.63) is 0 Å². The van der Waals surface area contributed by atoms with E-state index in [1.165, 1.54) is 12.8 Å². The molecular formula is C15H29N3O. The molecule has 110 valence electrons. The summed E-state index contributed by atoms with van der Waals surface area (Å²) in [5, 5.41) is 6.67. The van der Waals surface area contributed by atoms with Crippen LogP contribution >= 0.6 is 0 Å². The third kappa shape index (κ3) is 4.18. The first-order chi connectivity index (χ1) is 9.06. The third-order valence-electron chi connectivity index (χ3n) is 4.87. The fourth-order valence-electron chi connectivity index (χ4n) is 3.40. The van der Waals surface area contributed by atoms with E-state index in [4.69, 9.17) is 0 Å². The molecule has 1 saturated heterocycles. The summed E-state index contributed by atoms with van der Waals surface area (Å²) in [6, 6.07) is 0.881. The van der Waals surface area contributed by atoms with E-state index in [1.807, 2.05) is 0 Å². The summed E-state index contributed by atoms with van der Waals surface area (Å²) in [7, 11) is 0.